The highest BCUT2D eigenvalue weighted by molar-refractivity contribution is 5.73. The Morgan fingerprint density at radius 2 is 2.15 bits per heavy atom. The number of hydrogen-bond donors (Lipinski definition) is 1. The van der Waals surface area contributed by atoms with Gasteiger partial charge in [0.2, 0.25) is 0 Å². The second-order valence-electron chi connectivity index (χ2n) is 5.99. The van der Waals surface area contributed by atoms with Crippen molar-refractivity contribution in [3.63, 3.8) is 0 Å². The molecule has 20 heavy (non-hydrogen) atoms. The zero-order valence-electron chi connectivity index (χ0n) is 12.8. The lowest BCUT2D eigenvalue weighted by atomic mass is 9.87. The predicted octanol–water partition coefficient (Wildman–Crippen LogP) is 3.92. The van der Waals surface area contributed by atoms with Gasteiger partial charge in [0.25, 0.3) is 0 Å². The first-order chi connectivity index (χ1) is 9.47. The molecule has 1 N–H and O–H groups in total. The summed E-state index contributed by atoms with van der Waals surface area (Å²) in [6, 6.07) is 4.32. The lowest BCUT2D eigenvalue weighted by Crippen LogP contribution is -2.06. The molecule has 1 aliphatic carbocycles. The Bertz CT molecular complexity index is 507. The highest BCUT2D eigenvalue weighted by atomic mass is 16.5. The summed E-state index contributed by atoms with van der Waals surface area (Å²) in [5.74, 6) is 0.925. The second kappa shape index (κ2) is 5.86. The van der Waals surface area contributed by atoms with Gasteiger partial charge in [-0.05, 0) is 56.1 Å². The molecule has 1 aromatic carbocycles. The highest BCUT2D eigenvalue weighted by Crippen LogP contribution is 2.47. The average molecular weight is 276 g/mol. The van der Waals surface area contributed by atoms with Gasteiger partial charge in [0.1, 0.15) is 5.75 Å². The molecule has 0 radical (unpaired) electrons. The number of aryl methyl sites for hydroxylation is 2. The number of ether oxygens (including phenoxy) is 1. The summed E-state index contributed by atoms with van der Waals surface area (Å²) < 4.78 is 5.57. The van der Waals surface area contributed by atoms with E-state index < -0.39 is 5.97 Å². The normalized spacial score (nSPS) is 22.4. The van der Waals surface area contributed by atoms with Crippen LogP contribution in [0, 0.1) is 25.7 Å². The van der Waals surface area contributed by atoms with Crippen LogP contribution >= 0.6 is 0 Å². The van der Waals surface area contributed by atoms with Crippen molar-refractivity contribution in [2.24, 2.45) is 11.8 Å². The minimum Gasteiger partial charge on any atom is -0.496 e. The van der Waals surface area contributed by atoms with Crippen molar-refractivity contribution in [1.82, 2.24) is 0 Å². The smallest absolute Gasteiger partial charge is 0.306 e. The van der Waals surface area contributed by atoms with Gasteiger partial charge in [-0.25, -0.2) is 0 Å². The Labute approximate surface area is 121 Å². The van der Waals surface area contributed by atoms with Crippen LogP contribution in [0.15, 0.2) is 12.1 Å². The highest BCUT2D eigenvalue weighted by Gasteiger charge is 2.44. The molecular formula is C17H24O3. The van der Waals surface area contributed by atoms with Gasteiger partial charge >= 0.3 is 5.97 Å². The van der Waals surface area contributed by atoms with Crippen molar-refractivity contribution in [3.8, 4) is 5.75 Å². The number of carboxylic acid groups (broad SMARTS) is 1. The Kier molecular flexibility index (Phi) is 4.36. The summed E-state index contributed by atoms with van der Waals surface area (Å²) in [4.78, 5) is 11.0. The minimum atomic E-state index is -0.641. The van der Waals surface area contributed by atoms with Gasteiger partial charge in [0.05, 0.1) is 13.0 Å². The van der Waals surface area contributed by atoms with E-state index in [0.29, 0.717) is 11.8 Å². The first-order valence-corrected chi connectivity index (χ1v) is 7.35. The van der Waals surface area contributed by atoms with Crippen LogP contribution in [0.1, 0.15) is 48.8 Å². The number of carbonyl (C=O) groups is 1. The number of rotatable bonds is 6. The van der Waals surface area contributed by atoms with Crippen LogP contribution in [-0.2, 0) is 4.79 Å². The van der Waals surface area contributed by atoms with E-state index >= 15 is 0 Å². The van der Waals surface area contributed by atoms with Crippen LogP contribution in [0.25, 0.3) is 0 Å². The molecular weight excluding hydrogens is 252 g/mol. The Hall–Kier alpha value is -1.51. The third-order valence-corrected chi connectivity index (χ3v) is 4.41. The molecule has 1 aliphatic rings. The summed E-state index contributed by atoms with van der Waals surface area (Å²) in [7, 11) is 1.71. The van der Waals surface area contributed by atoms with Crippen molar-refractivity contribution in [2.75, 3.05) is 7.11 Å². The molecule has 1 aromatic rings. The molecule has 0 aliphatic heterocycles. The molecule has 0 bridgehead atoms. The number of aliphatic carboxylic acids is 1. The third kappa shape index (κ3) is 2.97. The van der Waals surface area contributed by atoms with Crippen LogP contribution in [0.4, 0.5) is 0 Å². The first-order valence-electron chi connectivity index (χ1n) is 7.35. The van der Waals surface area contributed by atoms with E-state index in [-0.39, 0.29) is 5.92 Å². The van der Waals surface area contributed by atoms with Crippen molar-refractivity contribution in [3.05, 3.63) is 28.8 Å². The standard InChI is InChI=1S/C17H24O3/c1-5-12(8-13-9-15(13)17(18)19)14-7-10(2)6-11(3)16(14)20-4/h6-7,12-13,15H,5,8-9H2,1-4H3,(H,18,19). The molecule has 1 saturated carbocycles. The maximum absolute atomic E-state index is 11.0. The van der Waals surface area contributed by atoms with Gasteiger partial charge < -0.3 is 9.84 Å². The second-order valence-corrected chi connectivity index (χ2v) is 5.99. The quantitative estimate of drug-likeness (QED) is 0.856. The topological polar surface area (TPSA) is 46.5 Å². The van der Waals surface area contributed by atoms with Crippen LogP contribution in [-0.4, -0.2) is 18.2 Å². The average Bonchev–Trinajstić information content (AvgIpc) is 3.14. The van der Waals surface area contributed by atoms with E-state index in [4.69, 9.17) is 9.84 Å². The number of hydrogen-bond acceptors (Lipinski definition) is 2. The summed E-state index contributed by atoms with van der Waals surface area (Å²) in [6.45, 7) is 6.33. The fraction of sp³-hybridized carbons (Fsp3) is 0.588. The van der Waals surface area contributed by atoms with Crippen LogP contribution < -0.4 is 4.74 Å². The largest absolute Gasteiger partial charge is 0.496 e. The Balaban J connectivity index is 2.21. The van der Waals surface area contributed by atoms with Crippen molar-refractivity contribution in [2.45, 2.75) is 46.0 Å². The molecule has 0 amide bonds. The molecule has 0 aromatic heterocycles. The number of carboxylic acids is 1. The zero-order valence-corrected chi connectivity index (χ0v) is 12.8. The Morgan fingerprint density at radius 3 is 2.65 bits per heavy atom. The van der Waals surface area contributed by atoms with E-state index in [1.807, 2.05) is 0 Å². The summed E-state index contributed by atoms with van der Waals surface area (Å²) >= 11 is 0. The molecule has 3 unspecified atom stereocenters. The maximum Gasteiger partial charge on any atom is 0.306 e. The number of benzene rings is 1. The minimum absolute atomic E-state index is 0.124. The molecule has 2 rings (SSSR count). The maximum atomic E-state index is 11.0. The summed E-state index contributed by atoms with van der Waals surface area (Å²) in [5, 5.41) is 9.04. The fourth-order valence-corrected chi connectivity index (χ4v) is 3.26. The Morgan fingerprint density at radius 1 is 1.45 bits per heavy atom. The molecule has 3 atom stereocenters. The van der Waals surface area contributed by atoms with E-state index in [0.717, 1.165) is 30.6 Å². The zero-order chi connectivity index (χ0) is 14.9. The lowest BCUT2D eigenvalue weighted by molar-refractivity contribution is -0.138. The van der Waals surface area contributed by atoms with E-state index in [1.54, 1.807) is 7.11 Å². The molecule has 1 fully saturated rings. The lowest BCUT2D eigenvalue weighted by Gasteiger charge is -2.21. The van der Waals surface area contributed by atoms with Crippen molar-refractivity contribution >= 4 is 5.97 Å². The van der Waals surface area contributed by atoms with Crippen LogP contribution in [0.3, 0.4) is 0 Å². The van der Waals surface area contributed by atoms with Gasteiger partial charge in [-0.1, -0.05) is 24.6 Å². The van der Waals surface area contributed by atoms with Crippen molar-refractivity contribution in [1.29, 1.82) is 0 Å². The predicted molar refractivity (Wildman–Crippen MR) is 79.3 cm³/mol. The van der Waals surface area contributed by atoms with E-state index in [1.165, 1.54) is 11.1 Å². The van der Waals surface area contributed by atoms with E-state index in [2.05, 4.69) is 32.9 Å². The monoisotopic (exact) mass is 276 g/mol. The van der Waals surface area contributed by atoms with Crippen LogP contribution in [0.2, 0.25) is 0 Å². The van der Waals surface area contributed by atoms with Gasteiger partial charge in [-0.2, -0.15) is 0 Å². The summed E-state index contributed by atoms with van der Waals surface area (Å²) in [5.41, 5.74) is 3.64. The molecule has 110 valence electrons. The van der Waals surface area contributed by atoms with Gasteiger partial charge in [0.15, 0.2) is 0 Å². The van der Waals surface area contributed by atoms with E-state index in [9.17, 15) is 4.79 Å². The molecule has 0 heterocycles. The van der Waals surface area contributed by atoms with Gasteiger partial charge in [-0.3, -0.25) is 4.79 Å². The molecule has 3 heteroatoms. The third-order valence-electron chi connectivity index (χ3n) is 4.41. The number of methoxy groups -OCH3 is 1. The molecule has 0 spiro atoms. The first kappa shape index (κ1) is 14.9. The van der Waals surface area contributed by atoms with Gasteiger partial charge in [-0.15, -0.1) is 0 Å². The summed E-state index contributed by atoms with van der Waals surface area (Å²) in [6.07, 6.45) is 2.80. The van der Waals surface area contributed by atoms with Crippen molar-refractivity contribution < 1.29 is 14.6 Å². The molecule has 3 nitrogen and oxygen atoms in total. The van der Waals surface area contributed by atoms with Crippen LogP contribution in [0.5, 0.6) is 5.75 Å². The fourth-order valence-electron chi connectivity index (χ4n) is 3.26. The molecule has 0 saturated heterocycles. The van der Waals surface area contributed by atoms with Gasteiger partial charge in [0, 0.05) is 0 Å². The SMILES string of the molecule is CCC(CC1CC1C(=O)O)c1cc(C)cc(C)c1OC.